The average Bonchev–Trinajstić information content (AvgIpc) is 2.35. The number of aromatic nitrogens is 1. The molecule has 3 heteroatoms. The largest absolute Gasteiger partial charge is 0.330 e. The molecule has 0 spiro atoms. The average molecular weight is 249 g/mol. The van der Waals surface area contributed by atoms with Crippen molar-refractivity contribution in [1.29, 1.82) is 0 Å². The molecule has 90 valence electrons. The van der Waals surface area contributed by atoms with E-state index in [0.717, 1.165) is 30.3 Å². The zero-order valence-corrected chi connectivity index (χ0v) is 10.8. The molecule has 0 aliphatic rings. The van der Waals surface area contributed by atoms with Crippen LogP contribution in [0, 0.1) is 0 Å². The highest BCUT2D eigenvalue weighted by Crippen LogP contribution is 2.24. The van der Waals surface area contributed by atoms with Gasteiger partial charge in [-0.1, -0.05) is 36.7 Å². The summed E-state index contributed by atoms with van der Waals surface area (Å²) in [7, 11) is 0. The van der Waals surface area contributed by atoms with Gasteiger partial charge in [0.25, 0.3) is 0 Å². The van der Waals surface area contributed by atoms with Crippen molar-refractivity contribution in [3.8, 4) is 0 Å². The molecule has 0 atom stereocenters. The van der Waals surface area contributed by atoms with Gasteiger partial charge in [0.05, 0.1) is 5.52 Å². The highest BCUT2D eigenvalue weighted by atomic mass is 35.5. The maximum atomic E-state index is 6.22. The summed E-state index contributed by atoms with van der Waals surface area (Å²) in [5.41, 5.74) is 8.89. The molecular formula is C14H17ClN2. The molecule has 2 rings (SSSR count). The van der Waals surface area contributed by atoms with E-state index in [9.17, 15) is 0 Å². The molecule has 2 aromatic rings. The normalized spacial score (nSPS) is 11.0. The van der Waals surface area contributed by atoms with E-state index in [4.69, 9.17) is 17.3 Å². The number of hydrogen-bond donors (Lipinski definition) is 1. The zero-order chi connectivity index (χ0) is 12.3. The number of benzene rings is 1. The first-order chi connectivity index (χ1) is 8.26. The van der Waals surface area contributed by atoms with Gasteiger partial charge < -0.3 is 5.73 Å². The van der Waals surface area contributed by atoms with Crippen molar-refractivity contribution in [2.45, 2.75) is 26.2 Å². The first kappa shape index (κ1) is 12.3. The van der Waals surface area contributed by atoms with E-state index in [1.807, 2.05) is 0 Å². The second-order valence-electron chi connectivity index (χ2n) is 4.17. The summed E-state index contributed by atoms with van der Waals surface area (Å²) >= 11 is 6.22. The molecule has 0 saturated carbocycles. The van der Waals surface area contributed by atoms with Crippen LogP contribution in [0.3, 0.4) is 0 Å². The molecule has 0 saturated heterocycles. The standard InChI is InChI=1S/C14H17ClN2/c1-2-10-5-3-6-11-9-12(7-4-8-16)14(15)17-13(10)11/h3,5-6,9H,2,4,7-8,16H2,1H3. The Kier molecular flexibility index (Phi) is 3.97. The number of rotatable bonds is 4. The summed E-state index contributed by atoms with van der Waals surface area (Å²) in [6, 6.07) is 8.40. The van der Waals surface area contributed by atoms with Crippen LogP contribution in [0.5, 0.6) is 0 Å². The van der Waals surface area contributed by atoms with Crippen molar-refractivity contribution in [3.63, 3.8) is 0 Å². The van der Waals surface area contributed by atoms with Crippen molar-refractivity contribution in [2.75, 3.05) is 6.54 Å². The van der Waals surface area contributed by atoms with Crippen LogP contribution in [-0.4, -0.2) is 11.5 Å². The van der Waals surface area contributed by atoms with Crippen LogP contribution in [0.15, 0.2) is 24.3 Å². The van der Waals surface area contributed by atoms with Crippen LogP contribution in [0.4, 0.5) is 0 Å². The van der Waals surface area contributed by atoms with Crippen molar-refractivity contribution in [3.05, 3.63) is 40.5 Å². The minimum Gasteiger partial charge on any atom is -0.330 e. The summed E-state index contributed by atoms with van der Waals surface area (Å²) in [4.78, 5) is 4.52. The van der Waals surface area contributed by atoms with E-state index in [1.54, 1.807) is 0 Å². The lowest BCUT2D eigenvalue weighted by atomic mass is 10.0. The van der Waals surface area contributed by atoms with E-state index >= 15 is 0 Å². The number of nitrogens with zero attached hydrogens (tertiary/aromatic N) is 1. The Hall–Kier alpha value is -1.12. The minimum atomic E-state index is 0.617. The predicted molar refractivity (Wildman–Crippen MR) is 73.5 cm³/mol. The SMILES string of the molecule is CCc1cccc2cc(CCCN)c(Cl)nc12. The van der Waals surface area contributed by atoms with E-state index in [-0.39, 0.29) is 0 Å². The summed E-state index contributed by atoms with van der Waals surface area (Å²) in [5, 5.41) is 1.78. The predicted octanol–water partition coefficient (Wildman–Crippen LogP) is 3.34. The van der Waals surface area contributed by atoms with Gasteiger partial charge in [0.1, 0.15) is 5.15 Å². The molecule has 0 bridgehead atoms. The third-order valence-corrected chi connectivity index (χ3v) is 3.31. The van der Waals surface area contributed by atoms with Gasteiger partial charge in [-0.2, -0.15) is 0 Å². The summed E-state index contributed by atoms with van der Waals surface area (Å²) in [6.45, 7) is 2.82. The molecule has 2 N–H and O–H groups in total. The van der Waals surface area contributed by atoms with Gasteiger partial charge in [-0.15, -0.1) is 0 Å². The Bertz CT molecular complexity index is 523. The number of hydrogen-bond acceptors (Lipinski definition) is 2. The van der Waals surface area contributed by atoms with Crippen LogP contribution < -0.4 is 5.73 Å². The van der Waals surface area contributed by atoms with Gasteiger partial charge in [-0.3, -0.25) is 0 Å². The monoisotopic (exact) mass is 248 g/mol. The lowest BCUT2D eigenvalue weighted by Gasteiger charge is -2.08. The Morgan fingerprint density at radius 1 is 1.29 bits per heavy atom. The zero-order valence-electron chi connectivity index (χ0n) is 10.0. The van der Waals surface area contributed by atoms with E-state index in [0.29, 0.717) is 11.7 Å². The van der Waals surface area contributed by atoms with Gasteiger partial charge >= 0.3 is 0 Å². The van der Waals surface area contributed by atoms with Crippen molar-refractivity contribution < 1.29 is 0 Å². The maximum Gasteiger partial charge on any atom is 0.132 e. The molecular weight excluding hydrogens is 232 g/mol. The first-order valence-electron chi connectivity index (χ1n) is 6.03. The number of fused-ring (bicyclic) bond motifs is 1. The molecule has 1 aromatic carbocycles. The molecule has 1 heterocycles. The molecule has 0 aliphatic heterocycles. The number of aryl methyl sites for hydroxylation is 2. The Labute approximate surface area is 107 Å². The number of pyridine rings is 1. The third-order valence-electron chi connectivity index (χ3n) is 2.99. The van der Waals surface area contributed by atoms with Crippen LogP contribution in [0.2, 0.25) is 5.15 Å². The fraction of sp³-hybridized carbons (Fsp3) is 0.357. The van der Waals surface area contributed by atoms with Crippen LogP contribution >= 0.6 is 11.6 Å². The summed E-state index contributed by atoms with van der Waals surface area (Å²) in [6.07, 6.45) is 2.82. The molecule has 0 amide bonds. The van der Waals surface area contributed by atoms with E-state index in [1.165, 1.54) is 10.9 Å². The van der Waals surface area contributed by atoms with Crippen molar-refractivity contribution in [1.82, 2.24) is 4.98 Å². The van der Waals surface area contributed by atoms with Gasteiger partial charge in [0, 0.05) is 5.39 Å². The van der Waals surface area contributed by atoms with Crippen LogP contribution in [0.1, 0.15) is 24.5 Å². The van der Waals surface area contributed by atoms with Crippen molar-refractivity contribution in [2.24, 2.45) is 5.73 Å². The van der Waals surface area contributed by atoms with Crippen LogP contribution in [0.25, 0.3) is 10.9 Å². The van der Waals surface area contributed by atoms with E-state index < -0.39 is 0 Å². The van der Waals surface area contributed by atoms with Gasteiger partial charge in [-0.25, -0.2) is 4.98 Å². The smallest absolute Gasteiger partial charge is 0.132 e. The van der Waals surface area contributed by atoms with Gasteiger partial charge in [0.15, 0.2) is 0 Å². The highest BCUT2D eigenvalue weighted by Gasteiger charge is 2.07. The lowest BCUT2D eigenvalue weighted by Crippen LogP contribution is -2.01. The fourth-order valence-electron chi connectivity index (χ4n) is 2.03. The fourth-order valence-corrected chi connectivity index (χ4v) is 2.27. The van der Waals surface area contributed by atoms with Gasteiger partial charge in [-0.05, 0) is 43.0 Å². The second-order valence-corrected chi connectivity index (χ2v) is 4.53. The summed E-state index contributed by atoms with van der Waals surface area (Å²) in [5.74, 6) is 0. The molecule has 2 nitrogen and oxygen atoms in total. The Morgan fingerprint density at radius 3 is 2.82 bits per heavy atom. The number of para-hydroxylation sites is 1. The molecule has 0 fully saturated rings. The Morgan fingerprint density at radius 2 is 2.12 bits per heavy atom. The molecule has 0 radical (unpaired) electrons. The molecule has 0 aliphatic carbocycles. The van der Waals surface area contributed by atoms with Crippen LogP contribution in [-0.2, 0) is 12.8 Å². The molecule has 0 unspecified atom stereocenters. The molecule has 17 heavy (non-hydrogen) atoms. The second kappa shape index (κ2) is 5.48. The summed E-state index contributed by atoms with van der Waals surface area (Å²) < 4.78 is 0. The Balaban J connectivity index is 2.50. The van der Waals surface area contributed by atoms with Crippen molar-refractivity contribution >= 4 is 22.5 Å². The number of nitrogens with two attached hydrogens (primary N) is 1. The quantitative estimate of drug-likeness (QED) is 0.843. The minimum absolute atomic E-state index is 0.617. The lowest BCUT2D eigenvalue weighted by molar-refractivity contribution is 0.830. The van der Waals surface area contributed by atoms with E-state index in [2.05, 4.69) is 36.2 Å². The topological polar surface area (TPSA) is 38.9 Å². The first-order valence-corrected chi connectivity index (χ1v) is 6.41. The molecule has 1 aromatic heterocycles. The highest BCUT2D eigenvalue weighted by molar-refractivity contribution is 6.30. The third kappa shape index (κ3) is 2.59. The maximum absolute atomic E-state index is 6.22. The number of halogens is 1. The van der Waals surface area contributed by atoms with Gasteiger partial charge in [0.2, 0.25) is 0 Å².